The van der Waals surface area contributed by atoms with Gasteiger partial charge in [0.2, 0.25) is 0 Å². The number of alkyl carbamates (subject to hydrolysis) is 1. The molecule has 1 aliphatic carbocycles. The second-order valence-corrected chi connectivity index (χ2v) is 15.2. The van der Waals surface area contributed by atoms with Gasteiger partial charge in [-0.25, -0.2) is 4.79 Å². The summed E-state index contributed by atoms with van der Waals surface area (Å²) in [5.41, 5.74) is 4.49. The molecule has 1 aliphatic rings. The molecule has 0 radical (unpaired) electrons. The van der Waals surface area contributed by atoms with E-state index in [2.05, 4.69) is 50.4 Å². The number of nitrogens with zero attached hydrogens (tertiary/aromatic N) is 1. The third-order valence-electron chi connectivity index (χ3n) is 6.08. The lowest BCUT2D eigenvalue weighted by Gasteiger charge is -2.27. The Labute approximate surface area is 251 Å². The molecule has 0 aliphatic heterocycles. The van der Waals surface area contributed by atoms with Crippen LogP contribution in [0.4, 0.5) is 4.79 Å². The summed E-state index contributed by atoms with van der Waals surface area (Å²) in [5.74, 6) is -1.24. The number of fused-ring (bicyclic) bond motifs is 3. The second kappa shape index (κ2) is 13.3. The second-order valence-electron chi connectivity index (χ2n) is 10.3. The summed E-state index contributed by atoms with van der Waals surface area (Å²) in [5, 5.41) is 12.4. The molecule has 40 heavy (non-hydrogen) atoms. The van der Waals surface area contributed by atoms with E-state index >= 15 is 0 Å². The van der Waals surface area contributed by atoms with Crippen molar-refractivity contribution in [2.45, 2.75) is 37.5 Å². The van der Waals surface area contributed by atoms with E-state index in [1.54, 1.807) is 33.7 Å². The summed E-state index contributed by atoms with van der Waals surface area (Å²) >= 11 is 7.09. The van der Waals surface area contributed by atoms with Gasteiger partial charge < -0.3 is 20.1 Å². The Bertz CT molecular complexity index is 1330. The van der Waals surface area contributed by atoms with Gasteiger partial charge in [0, 0.05) is 23.0 Å². The van der Waals surface area contributed by atoms with Crippen molar-refractivity contribution in [1.82, 2.24) is 10.2 Å². The van der Waals surface area contributed by atoms with Gasteiger partial charge in [0.15, 0.2) is 0 Å². The summed E-state index contributed by atoms with van der Waals surface area (Å²) in [4.78, 5) is 39.4. The topological polar surface area (TPSA) is 95.9 Å². The molecule has 1 heterocycles. The largest absolute Gasteiger partial charge is 0.480 e. The summed E-state index contributed by atoms with van der Waals surface area (Å²) < 4.78 is 6.14. The number of ether oxygens (including phenoxy) is 1. The van der Waals surface area contributed by atoms with Crippen molar-refractivity contribution in [3.63, 3.8) is 0 Å². The van der Waals surface area contributed by atoms with Crippen molar-refractivity contribution >= 4 is 62.5 Å². The van der Waals surface area contributed by atoms with Gasteiger partial charge in [0.1, 0.15) is 13.2 Å². The van der Waals surface area contributed by atoms with Gasteiger partial charge in [0.25, 0.3) is 5.91 Å². The van der Waals surface area contributed by atoms with Crippen molar-refractivity contribution in [3.8, 4) is 11.1 Å². The maximum atomic E-state index is 13.1. The number of thiophene rings is 1. The quantitative estimate of drug-likeness (QED) is 0.223. The molecule has 0 saturated carbocycles. The summed E-state index contributed by atoms with van der Waals surface area (Å²) in [6.45, 7) is 5.90. The lowest BCUT2D eigenvalue weighted by molar-refractivity contribution is -0.137. The first kappa shape index (κ1) is 30.3. The number of benzene rings is 2. The molecule has 11 heteroatoms. The zero-order valence-corrected chi connectivity index (χ0v) is 25.6. The monoisotopic (exact) mass is 618 g/mol. The van der Waals surface area contributed by atoms with Crippen LogP contribution >= 0.6 is 44.5 Å². The standard InChI is InChI=1S/C29H31ClN2O5S3/c1-29(2,3)40-38-17-18(14-32(15-26(33)34)27(35)24-12-13-25(30)39-24)31-28(36)37-16-23-21-10-6-4-8-19(21)20-9-5-7-11-22(20)23/h4-13,18,23H,14-17H2,1-3H3,(H,31,36)(H,33,34). The van der Waals surface area contributed by atoms with E-state index in [-0.39, 0.29) is 23.8 Å². The predicted octanol–water partition coefficient (Wildman–Crippen LogP) is 7.02. The molecule has 1 aromatic heterocycles. The molecule has 0 fully saturated rings. The number of carbonyl (C=O) groups is 3. The third kappa shape index (κ3) is 7.96. The highest BCUT2D eigenvalue weighted by molar-refractivity contribution is 8.77. The number of halogens is 1. The van der Waals surface area contributed by atoms with E-state index in [1.165, 1.54) is 4.90 Å². The number of hydrogen-bond acceptors (Lipinski definition) is 7. The highest BCUT2D eigenvalue weighted by Crippen LogP contribution is 2.44. The molecular formula is C29H31ClN2O5S3. The average Bonchev–Trinajstić information content (AvgIpc) is 3.47. The van der Waals surface area contributed by atoms with Crippen LogP contribution in [0.3, 0.4) is 0 Å². The normalized spacial score (nSPS) is 13.3. The average molecular weight is 619 g/mol. The first-order valence-electron chi connectivity index (χ1n) is 12.7. The van der Waals surface area contributed by atoms with E-state index in [0.717, 1.165) is 33.6 Å². The van der Waals surface area contributed by atoms with E-state index < -0.39 is 30.6 Å². The predicted molar refractivity (Wildman–Crippen MR) is 165 cm³/mol. The molecule has 2 N–H and O–H groups in total. The Kier molecular flexibility index (Phi) is 10.1. The first-order chi connectivity index (χ1) is 19.0. The Morgan fingerprint density at radius 2 is 1.68 bits per heavy atom. The van der Waals surface area contributed by atoms with Crippen LogP contribution in [0.2, 0.25) is 4.34 Å². The van der Waals surface area contributed by atoms with Crippen LogP contribution in [0.5, 0.6) is 0 Å². The van der Waals surface area contributed by atoms with Gasteiger partial charge >= 0.3 is 12.1 Å². The molecule has 1 unspecified atom stereocenters. The highest BCUT2D eigenvalue weighted by atomic mass is 35.5. The summed E-state index contributed by atoms with van der Waals surface area (Å²) in [6.07, 6.45) is -0.616. The number of carboxylic acid groups (broad SMARTS) is 1. The Hall–Kier alpha value is -2.66. The number of hydrogen-bond donors (Lipinski definition) is 2. The zero-order chi connectivity index (χ0) is 28.9. The Morgan fingerprint density at radius 1 is 1.05 bits per heavy atom. The minimum atomic E-state index is -1.15. The number of aliphatic carboxylic acids is 1. The number of amides is 2. The minimum Gasteiger partial charge on any atom is -0.480 e. The van der Waals surface area contributed by atoms with Crippen LogP contribution < -0.4 is 5.32 Å². The smallest absolute Gasteiger partial charge is 0.407 e. The van der Waals surface area contributed by atoms with Gasteiger partial charge in [-0.05, 0) is 34.4 Å². The lowest BCUT2D eigenvalue weighted by Crippen LogP contribution is -2.48. The molecule has 3 aromatic rings. The fourth-order valence-corrected chi connectivity index (χ4v) is 8.02. The van der Waals surface area contributed by atoms with Crippen LogP contribution in [0.25, 0.3) is 11.1 Å². The fourth-order valence-electron chi connectivity index (χ4n) is 4.47. The molecule has 0 spiro atoms. The molecular weight excluding hydrogens is 588 g/mol. The van der Waals surface area contributed by atoms with Crippen LogP contribution in [0.1, 0.15) is 47.5 Å². The fraction of sp³-hybridized carbons (Fsp3) is 0.345. The molecule has 2 aromatic carbocycles. The number of carbonyl (C=O) groups excluding carboxylic acids is 2. The van der Waals surface area contributed by atoms with E-state index in [4.69, 9.17) is 16.3 Å². The molecule has 7 nitrogen and oxygen atoms in total. The van der Waals surface area contributed by atoms with Crippen molar-refractivity contribution in [2.24, 2.45) is 0 Å². The molecule has 212 valence electrons. The maximum absolute atomic E-state index is 13.1. The SMILES string of the molecule is CC(C)(C)SSCC(CN(CC(=O)O)C(=O)c1ccc(Cl)s1)NC(=O)OCC1c2ccccc2-c2ccccc21. The minimum absolute atomic E-state index is 0.00253. The van der Waals surface area contributed by atoms with Crippen molar-refractivity contribution in [2.75, 3.05) is 25.4 Å². The van der Waals surface area contributed by atoms with E-state index in [9.17, 15) is 19.5 Å². The first-order valence-corrected chi connectivity index (χ1v) is 16.2. The summed E-state index contributed by atoms with van der Waals surface area (Å²) in [6, 6.07) is 18.8. The van der Waals surface area contributed by atoms with Crippen LogP contribution in [-0.2, 0) is 9.53 Å². The van der Waals surface area contributed by atoms with Gasteiger partial charge in [-0.1, -0.05) is 102 Å². The Balaban J connectivity index is 1.46. The third-order valence-corrected chi connectivity index (χ3v) is 10.7. The Morgan fingerprint density at radius 3 is 2.23 bits per heavy atom. The molecule has 2 amide bonds. The number of rotatable bonds is 11. The molecule has 1 atom stereocenters. The van der Waals surface area contributed by atoms with Crippen molar-refractivity contribution in [1.29, 1.82) is 0 Å². The molecule has 0 saturated heterocycles. The van der Waals surface area contributed by atoms with Crippen LogP contribution in [0, 0.1) is 0 Å². The van der Waals surface area contributed by atoms with Crippen molar-refractivity contribution < 1.29 is 24.2 Å². The van der Waals surface area contributed by atoms with E-state index in [0.29, 0.717) is 15.0 Å². The maximum Gasteiger partial charge on any atom is 0.407 e. The lowest BCUT2D eigenvalue weighted by atomic mass is 9.98. The van der Waals surface area contributed by atoms with Gasteiger partial charge in [-0.2, -0.15) is 0 Å². The molecule has 4 rings (SSSR count). The highest BCUT2D eigenvalue weighted by Gasteiger charge is 2.30. The van der Waals surface area contributed by atoms with E-state index in [1.807, 2.05) is 24.3 Å². The van der Waals surface area contributed by atoms with Gasteiger partial charge in [-0.3, -0.25) is 9.59 Å². The van der Waals surface area contributed by atoms with Crippen molar-refractivity contribution in [3.05, 3.63) is 81.0 Å². The zero-order valence-electron chi connectivity index (χ0n) is 22.4. The van der Waals surface area contributed by atoms with Gasteiger partial charge in [-0.15, -0.1) is 11.3 Å². The molecule has 0 bridgehead atoms. The van der Waals surface area contributed by atoms with Gasteiger partial charge in [0.05, 0.1) is 15.3 Å². The number of carboxylic acids is 1. The van der Waals surface area contributed by atoms with Crippen LogP contribution in [-0.4, -0.2) is 64.2 Å². The summed E-state index contributed by atoms with van der Waals surface area (Å²) in [7, 11) is 3.20. The number of nitrogens with one attached hydrogen (secondary N) is 1. The van der Waals surface area contributed by atoms with Crippen LogP contribution in [0.15, 0.2) is 60.7 Å².